The molecule has 0 aromatic carbocycles. The van der Waals surface area contributed by atoms with Crippen LogP contribution in [0.5, 0.6) is 0 Å². The Bertz CT molecular complexity index is 822. The second kappa shape index (κ2) is 7.95. The number of carboxylic acid groups (broad SMARTS) is 1. The maximum absolute atomic E-state index is 12.1. The van der Waals surface area contributed by atoms with E-state index in [4.69, 9.17) is 4.74 Å². The van der Waals surface area contributed by atoms with Crippen molar-refractivity contribution in [3.63, 3.8) is 0 Å². The summed E-state index contributed by atoms with van der Waals surface area (Å²) in [6.07, 6.45) is 1.11. The number of nitrogens with zero attached hydrogens (tertiary/aromatic N) is 2. The number of carbonyl (C=O) groups excluding carboxylic acids is 1. The zero-order valence-electron chi connectivity index (χ0n) is 15.9. The number of likely N-dealkylation sites (tertiary alicyclic amines) is 1. The highest BCUT2D eigenvalue weighted by atomic mass is 16.6. The van der Waals surface area contributed by atoms with Crippen LogP contribution in [0.25, 0.3) is 0 Å². The summed E-state index contributed by atoms with van der Waals surface area (Å²) in [4.78, 5) is 50.8. The first kappa shape index (κ1) is 20.7. The van der Waals surface area contributed by atoms with Crippen LogP contribution in [0.4, 0.5) is 4.79 Å². The van der Waals surface area contributed by atoms with Gasteiger partial charge in [0.25, 0.3) is 5.56 Å². The maximum Gasteiger partial charge on any atom is 0.407 e. The fourth-order valence-electron chi connectivity index (χ4n) is 3.06. The van der Waals surface area contributed by atoms with Crippen molar-refractivity contribution in [3.8, 4) is 0 Å². The Kier molecular flexibility index (Phi) is 6.09. The quantitative estimate of drug-likeness (QED) is 0.656. The molecule has 0 aliphatic carbocycles. The average Bonchev–Trinajstić information content (AvgIpc) is 2.93. The maximum atomic E-state index is 12.1. The van der Waals surface area contributed by atoms with Gasteiger partial charge in [-0.2, -0.15) is 0 Å². The number of ether oxygens (including phenoxy) is 1. The molecule has 1 aromatic heterocycles. The van der Waals surface area contributed by atoms with E-state index in [0.29, 0.717) is 18.7 Å². The molecule has 10 nitrogen and oxygen atoms in total. The monoisotopic (exact) mass is 382 g/mol. The van der Waals surface area contributed by atoms with Gasteiger partial charge < -0.3 is 15.2 Å². The molecule has 1 aliphatic heterocycles. The minimum Gasteiger partial charge on any atom is -0.480 e. The first-order chi connectivity index (χ1) is 12.5. The smallest absolute Gasteiger partial charge is 0.407 e. The molecule has 10 heteroatoms. The van der Waals surface area contributed by atoms with Crippen molar-refractivity contribution in [2.75, 3.05) is 19.6 Å². The number of alkyl carbamates (subject to hydrolysis) is 1. The number of hydrogen-bond donors (Lipinski definition) is 3. The topological polar surface area (TPSA) is 134 Å². The standard InChI is InChI=1S/C17H26N4O6/c1-10-8-21(15(25)19-13(10)22)11-7-12(14(23)24)20(9-11)6-5-18-16(26)27-17(2,3)4/h8,11-12H,5-7,9H2,1-4H3,(H,18,26)(H,23,24)(H,19,22,25)/t11-,12+/m0/s1. The van der Waals surface area contributed by atoms with Crippen LogP contribution >= 0.6 is 0 Å². The lowest BCUT2D eigenvalue weighted by Gasteiger charge is -2.23. The number of nitrogens with one attached hydrogen (secondary N) is 2. The number of rotatable bonds is 5. The van der Waals surface area contributed by atoms with E-state index in [-0.39, 0.29) is 19.0 Å². The van der Waals surface area contributed by atoms with E-state index in [1.165, 1.54) is 10.8 Å². The SMILES string of the molecule is Cc1cn([C@H]2C[C@H](C(=O)O)N(CCNC(=O)OC(C)(C)C)C2)c(=O)[nH]c1=O. The molecular weight excluding hydrogens is 356 g/mol. The average molecular weight is 382 g/mol. The molecule has 1 aliphatic rings. The van der Waals surface area contributed by atoms with Crippen molar-refractivity contribution in [3.05, 3.63) is 32.6 Å². The molecule has 2 rings (SSSR count). The van der Waals surface area contributed by atoms with E-state index < -0.39 is 35.0 Å². The van der Waals surface area contributed by atoms with Gasteiger partial charge in [-0.25, -0.2) is 9.59 Å². The minimum absolute atomic E-state index is 0.213. The molecule has 2 heterocycles. The highest BCUT2D eigenvalue weighted by Gasteiger charge is 2.37. The number of aromatic amines is 1. The molecule has 27 heavy (non-hydrogen) atoms. The summed E-state index contributed by atoms with van der Waals surface area (Å²) in [6.45, 7) is 7.67. The summed E-state index contributed by atoms with van der Waals surface area (Å²) in [5.74, 6) is -0.996. The zero-order chi connectivity index (χ0) is 20.4. The van der Waals surface area contributed by atoms with E-state index in [0.717, 1.165) is 0 Å². The van der Waals surface area contributed by atoms with Gasteiger partial charge in [0.2, 0.25) is 0 Å². The third kappa shape index (κ3) is 5.43. The summed E-state index contributed by atoms with van der Waals surface area (Å²) in [5, 5.41) is 12.1. The number of H-pyrrole nitrogens is 1. The van der Waals surface area contributed by atoms with Gasteiger partial charge in [0, 0.05) is 31.4 Å². The van der Waals surface area contributed by atoms with Crippen molar-refractivity contribution < 1.29 is 19.4 Å². The van der Waals surface area contributed by atoms with Crippen molar-refractivity contribution in [2.45, 2.75) is 51.8 Å². The van der Waals surface area contributed by atoms with Crippen molar-refractivity contribution in [1.82, 2.24) is 19.8 Å². The number of aliphatic carboxylic acids is 1. The van der Waals surface area contributed by atoms with Crippen LogP contribution in [0.2, 0.25) is 0 Å². The number of aryl methyl sites for hydroxylation is 1. The molecule has 1 saturated heterocycles. The Hall–Kier alpha value is -2.62. The van der Waals surface area contributed by atoms with E-state index in [1.807, 2.05) is 0 Å². The zero-order valence-corrected chi connectivity index (χ0v) is 15.9. The Morgan fingerprint density at radius 3 is 2.63 bits per heavy atom. The van der Waals surface area contributed by atoms with Gasteiger partial charge in [-0.05, 0) is 34.1 Å². The molecule has 0 saturated carbocycles. The molecule has 0 bridgehead atoms. The van der Waals surface area contributed by atoms with Gasteiger partial charge in [-0.1, -0.05) is 0 Å². The lowest BCUT2D eigenvalue weighted by Crippen LogP contribution is -2.42. The number of aromatic nitrogens is 2. The molecule has 150 valence electrons. The van der Waals surface area contributed by atoms with Gasteiger partial charge in [-0.3, -0.25) is 24.0 Å². The van der Waals surface area contributed by atoms with Crippen molar-refractivity contribution in [2.24, 2.45) is 0 Å². The van der Waals surface area contributed by atoms with Gasteiger partial charge >= 0.3 is 17.8 Å². The van der Waals surface area contributed by atoms with Gasteiger partial charge in [0.1, 0.15) is 11.6 Å². The Morgan fingerprint density at radius 1 is 1.37 bits per heavy atom. The number of carbonyl (C=O) groups is 2. The van der Waals surface area contributed by atoms with Crippen LogP contribution in [-0.2, 0) is 9.53 Å². The first-order valence-corrected chi connectivity index (χ1v) is 8.73. The number of carboxylic acids is 1. The van der Waals surface area contributed by atoms with Crippen molar-refractivity contribution >= 4 is 12.1 Å². The predicted molar refractivity (Wildman–Crippen MR) is 96.9 cm³/mol. The van der Waals surface area contributed by atoms with Crippen LogP contribution in [0.15, 0.2) is 15.8 Å². The molecule has 1 aromatic rings. The van der Waals surface area contributed by atoms with E-state index in [1.54, 1.807) is 32.6 Å². The molecule has 2 atom stereocenters. The molecule has 0 unspecified atom stereocenters. The third-order valence-corrected chi connectivity index (χ3v) is 4.27. The molecule has 0 spiro atoms. The second-order valence-corrected chi connectivity index (χ2v) is 7.65. The minimum atomic E-state index is -0.996. The van der Waals surface area contributed by atoms with Crippen LogP contribution in [0.1, 0.15) is 38.8 Å². The molecule has 1 amide bonds. The van der Waals surface area contributed by atoms with E-state index in [2.05, 4.69) is 10.3 Å². The second-order valence-electron chi connectivity index (χ2n) is 7.65. The normalized spacial score (nSPS) is 20.4. The summed E-state index contributed by atoms with van der Waals surface area (Å²) >= 11 is 0. The highest BCUT2D eigenvalue weighted by Crippen LogP contribution is 2.26. The van der Waals surface area contributed by atoms with Crippen LogP contribution in [0, 0.1) is 6.92 Å². The van der Waals surface area contributed by atoms with E-state index in [9.17, 15) is 24.3 Å². The van der Waals surface area contributed by atoms with Crippen molar-refractivity contribution in [1.29, 1.82) is 0 Å². The first-order valence-electron chi connectivity index (χ1n) is 8.73. The fraction of sp³-hybridized carbons (Fsp3) is 0.647. The summed E-state index contributed by atoms with van der Waals surface area (Å²) < 4.78 is 6.51. The van der Waals surface area contributed by atoms with Gasteiger partial charge in [-0.15, -0.1) is 0 Å². The number of hydrogen-bond acceptors (Lipinski definition) is 6. The van der Waals surface area contributed by atoms with Gasteiger partial charge in [0.15, 0.2) is 0 Å². The summed E-state index contributed by atoms with van der Waals surface area (Å²) in [5.41, 5.74) is -1.25. The van der Waals surface area contributed by atoms with Gasteiger partial charge in [0.05, 0.1) is 6.04 Å². The number of amides is 1. The summed E-state index contributed by atoms with van der Waals surface area (Å²) in [6, 6.07) is -1.16. The fourth-order valence-corrected chi connectivity index (χ4v) is 3.06. The lowest BCUT2D eigenvalue weighted by molar-refractivity contribution is -0.142. The summed E-state index contributed by atoms with van der Waals surface area (Å²) in [7, 11) is 0. The van der Waals surface area contributed by atoms with E-state index >= 15 is 0 Å². The molecule has 0 radical (unpaired) electrons. The molecule has 1 fully saturated rings. The largest absolute Gasteiger partial charge is 0.480 e. The van der Waals surface area contributed by atoms with Crippen LogP contribution in [0.3, 0.4) is 0 Å². The Balaban J connectivity index is 2.04. The molecular formula is C17H26N4O6. The van der Waals surface area contributed by atoms with Crippen LogP contribution in [-0.4, -0.2) is 62.9 Å². The third-order valence-electron chi connectivity index (χ3n) is 4.27. The van der Waals surface area contributed by atoms with Crippen LogP contribution < -0.4 is 16.6 Å². The highest BCUT2D eigenvalue weighted by molar-refractivity contribution is 5.74. The Labute approximate surface area is 156 Å². The lowest BCUT2D eigenvalue weighted by atomic mass is 10.1. The predicted octanol–water partition coefficient (Wildman–Crippen LogP) is 0.0697. The Morgan fingerprint density at radius 2 is 2.04 bits per heavy atom. The molecule has 3 N–H and O–H groups in total.